The van der Waals surface area contributed by atoms with Crippen molar-refractivity contribution in [3.8, 4) is 11.1 Å². The highest BCUT2D eigenvalue weighted by Gasteiger charge is 2.33. The van der Waals surface area contributed by atoms with Crippen molar-refractivity contribution in [2.45, 2.75) is 68.9 Å². The number of sulfonamides is 1. The molecule has 0 aromatic heterocycles. The SMILES string of the molecule is Cc1ccc(S(=O)(=O)N[C@H](Cc2ccccc2)C(=O)NCc2cccc(-c3cccc([C@H]4O[C@@H](CN(C)Cc5ccccc5)C[C@@H](c5ccc(CO)cc5)O4)c3)c2)cc1. The molecule has 9 nitrogen and oxygen atoms in total. The summed E-state index contributed by atoms with van der Waals surface area (Å²) in [5.74, 6) is -0.423. The number of aliphatic hydroxyl groups excluding tert-OH is 1. The molecule has 7 rings (SSSR count). The summed E-state index contributed by atoms with van der Waals surface area (Å²) >= 11 is 0. The first-order valence-corrected chi connectivity index (χ1v) is 21.4. The lowest BCUT2D eigenvalue weighted by Crippen LogP contribution is -2.47. The predicted octanol–water partition coefficient (Wildman–Crippen LogP) is 8.04. The Labute approximate surface area is 347 Å². The van der Waals surface area contributed by atoms with E-state index in [1.807, 2.05) is 110 Å². The average Bonchev–Trinajstić information content (AvgIpc) is 3.26. The Morgan fingerprint density at radius 1 is 0.729 bits per heavy atom. The molecule has 0 aliphatic carbocycles. The van der Waals surface area contributed by atoms with Crippen molar-refractivity contribution in [1.29, 1.82) is 0 Å². The lowest BCUT2D eigenvalue weighted by molar-refractivity contribution is -0.252. The van der Waals surface area contributed by atoms with Crippen LogP contribution in [0.4, 0.5) is 0 Å². The van der Waals surface area contributed by atoms with E-state index >= 15 is 0 Å². The predicted molar refractivity (Wildman–Crippen MR) is 230 cm³/mol. The van der Waals surface area contributed by atoms with E-state index in [9.17, 15) is 18.3 Å². The minimum Gasteiger partial charge on any atom is -0.392 e. The summed E-state index contributed by atoms with van der Waals surface area (Å²) in [6.45, 7) is 3.59. The van der Waals surface area contributed by atoms with E-state index in [4.69, 9.17) is 9.47 Å². The van der Waals surface area contributed by atoms with Crippen molar-refractivity contribution in [3.63, 3.8) is 0 Å². The molecule has 1 amide bonds. The Kier molecular flexibility index (Phi) is 13.8. The summed E-state index contributed by atoms with van der Waals surface area (Å²) < 4.78 is 42.8. The van der Waals surface area contributed by atoms with Gasteiger partial charge in [0.15, 0.2) is 6.29 Å². The van der Waals surface area contributed by atoms with Crippen LogP contribution >= 0.6 is 0 Å². The molecule has 1 saturated heterocycles. The largest absolute Gasteiger partial charge is 0.392 e. The first-order chi connectivity index (χ1) is 28.6. The number of likely N-dealkylation sites (N-methyl/N-ethyl adjacent to an activating group) is 1. The molecule has 1 aliphatic rings. The third-order valence-electron chi connectivity index (χ3n) is 10.5. The normalized spacial score (nSPS) is 17.4. The Balaban J connectivity index is 1.06. The van der Waals surface area contributed by atoms with Gasteiger partial charge >= 0.3 is 0 Å². The van der Waals surface area contributed by atoms with Gasteiger partial charge in [0.2, 0.25) is 15.9 Å². The van der Waals surface area contributed by atoms with E-state index < -0.39 is 28.3 Å². The van der Waals surface area contributed by atoms with Gasteiger partial charge in [0.1, 0.15) is 6.04 Å². The summed E-state index contributed by atoms with van der Waals surface area (Å²) in [6, 6.07) is 49.3. The van der Waals surface area contributed by atoms with Crippen molar-refractivity contribution < 1.29 is 27.8 Å². The maximum atomic E-state index is 13.7. The molecule has 0 radical (unpaired) electrons. The first kappa shape index (κ1) is 41.7. The van der Waals surface area contributed by atoms with Crippen LogP contribution in [0.5, 0.6) is 0 Å². The molecule has 1 fully saturated rings. The van der Waals surface area contributed by atoms with Crippen LogP contribution < -0.4 is 10.0 Å². The minimum absolute atomic E-state index is 0.0182. The Morgan fingerprint density at radius 2 is 1.37 bits per heavy atom. The number of carbonyl (C=O) groups is 1. The van der Waals surface area contributed by atoms with Crippen molar-refractivity contribution in [3.05, 3.63) is 197 Å². The summed E-state index contributed by atoms with van der Waals surface area (Å²) in [6.07, 6.45) is -0.0585. The number of rotatable bonds is 16. The lowest BCUT2D eigenvalue weighted by Gasteiger charge is -2.38. The molecule has 4 atom stereocenters. The average molecular weight is 810 g/mol. The minimum atomic E-state index is -3.97. The molecule has 304 valence electrons. The second-order valence-corrected chi connectivity index (χ2v) is 17.0. The van der Waals surface area contributed by atoms with Crippen molar-refractivity contribution in [2.24, 2.45) is 0 Å². The number of aliphatic hydroxyl groups is 1. The number of carbonyl (C=O) groups excluding carboxylic acids is 1. The Hall–Kier alpha value is -5.46. The third-order valence-corrected chi connectivity index (χ3v) is 12.0. The summed E-state index contributed by atoms with van der Waals surface area (Å²) in [5.41, 5.74) is 8.55. The van der Waals surface area contributed by atoms with Crippen LogP contribution in [0.1, 0.15) is 57.8 Å². The zero-order chi connectivity index (χ0) is 41.2. The van der Waals surface area contributed by atoms with Gasteiger partial charge in [0.25, 0.3) is 0 Å². The molecule has 6 aromatic carbocycles. The number of hydrogen-bond donors (Lipinski definition) is 3. The fourth-order valence-corrected chi connectivity index (χ4v) is 8.58. The molecule has 1 heterocycles. The number of amides is 1. The van der Waals surface area contributed by atoms with Crippen molar-refractivity contribution in [2.75, 3.05) is 13.6 Å². The summed E-state index contributed by atoms with van der Waals surface area (Å²) in [7, 11) is -1.86. The van der Waals surface area contributed by atoms with E-state index in [1.54, 1.807) is 24.3 Å². The number of aryl methyl sites for hydroxylation is 1. The topological polar surface area (TPSA) is 117 Å². The molecular weight excluding hydrogens is 759 g/mol. The van der Waals surface area contributed by atoms with Gasteiger partial charge in [-0.15, -0.1) is 0 Å². The molecule has 10 heteroatoms. The molecule has 1 aliphatic heterocycles. The van der Waals surface area contributed by atoms with Crippen LogP contribution in [0, 0.1) is 6.92 Å². The van der Waals surface area contributed by atoms with Crippen LogP contribution in [0.15, 0.2) is 163 Å². The Morgan fingerprint density at radius 3 is 2.07 bits per heavy atom. The zero-order valence-corrected chi connectivity index (χ0v) is 34.2. The molecule has 6 aromatic rings. The van der Waals surface area contributed by atoms with Gasteiger partial charge in [-0.3, -0.25) is 9.69 Å². The number of ether oxygens (including phenoxy) is 2. The zero-order valence-electron chi connectivity index (χ0n) is 33.4. The molecule has 0 spiro atoms. The van der Waals surface area contributed by atoms with Crippen LogP contribution in [-0.2, 0) is 50.4 Å². The highest BCUT2D eigenvalue weighted by Crippen LogP contribution is 2.39. The van der Waals surface area contributed by atoms with E-state index in [0.717, 1.165) is 51.1 Å². The fraction of sp³-hybridized carbons (Fsp3) is 0.245. The van der Waals surface area contributed by atoms with Crippen LogP contribution in [-0.4, -0.2) is 50.1 Å². The fourth-order valence-electron chi connectivity index (χ4n) is 7.39. The smallest absolute Gasteiger partial charge is 0.241 e. The maximum Gasteiger partial charge on any atom is 0.241 e. The highest BCUT2D eigenvalue weighted by atomic mass is 32.2. The van der Waals surface area contributed by atoms with E-state index in [1.165, 1.54) is 5.56 Å². The number of nitrogens with one attached hydrogen (secondary N) is 2. The van der Waals surface area contributed by atoms with E-state index in [-0.39, 0.29) is 36.7 Å². The number of hydrogen-bond acceptors (Lipinski definition) is 7. The molecule has 3 N–H and O–H groups in total. The van der Waals surface area contributed by atoms with Gasteiger partial charge < -0.3 is 19.9 Å². The second-order valence-electron chi connectivity index (χ2n) is 15.3. The second kappa shape index (κ2) is 19.5. The first-order valence-electron chi connectivity index (χ1n) is 19.9. The van der Waals surface area contributed by atoms with E-state index in [0.29, 0.717) is 13.0 Å². The quantitative estimate of drug-likeness (QED) is 0.0907. The molecular formula is C49H51N3O6S. The molecule has 0 bridgehead atoms. The van der Waals surface area contributed by atoms with Gasteiger partial charge in [0, 0.05) is 31.6 Å². The van der Waals surface area contributed by atoms with Crippen LogP contribution in [0.3, 0.4) is 0 Å². The lowest BCUT2D eigenvalue weighted by atomic mass is 9.98. The van der Waals surface area contributed by atoms with Gasteiger partial charge in [-0.2, -0.15) is 4.72 Å². The highest BCUT2D eigenvalue weighted by molar-refractivity contribution is 7.89. The number of benzene rings is 6. The van der Waals surface area contributed by atoms with Crippen molar-refractivity contribution in [1.82, 2.24) is 14.9 Å². The third kappa shape index (κ3) is 11.4. The van der Waals surface area contributed by atoms with E-state index in [2.05, 4.69) is 52.3 Å². The maximum absolute atomic E-state index is 13.7. The molecule has 0 saturated carbocycles. The van der Waals surface area contributed by atoms with Gasteiger partial charge in [-0.05, 0) is 83.6 Å². The van der Waals surface area contributed by atoms with Crippen LogP contribution in [0.2, 0.25) is 0 Å². The van der Waals surface area contributed by atoms with Crippen molar-refractivity contribution >= 4 is 15.9 Å². The summed E-state index contributed by atoms with van der Waals surface area (Å²) in [4.78, 5) is 16.1. The van der Waals surface area contributed by atoms with Gasteiger partial charge in [-0.25, -0.2) is 8.42 Å². The number of nitrogens with zero attached hydrogens (tertiary/aromatic N) is 1. The monoisotopic (exact) mass is 809 g/mol. The molecule has 0 unspecified atom stereocenters. The molecule has 59 heavy (non-hydrogen) atoms. The van der Waals surface area contributed by atoms with Gasteiger partial charge in [-0.1, -0.05) is 139 Å². The van der Waals surface area contributed by atoms with Gasteiger partial charge in [0.05, 0.1) is 23.7 Å². The standard InChI is InChI=1S/C49H51N3O6S/c1-35-19-25-45(26-20-35)59(55,56)51-46(28-36-11-5-3-6-12-36)48(54)50-31-39-15-9-16-41(27-39)42-17-10-18-43(29-42)49-57-44(33-52(2)32-37-13-7-4-8-14-37)30-47(58-49)40-23-21-38(34-53)22-24-40/h3-27,29,44,46-47,49,51,53H,28,30-34H2,1-2H3,(H,50,54)/t44-,46-,47+,49+/m1/s1. The summed E-state index contributed by atoms with van der Waals surface area (Å²) in [5, 5.41) is 12.6. The Bertz CT molecular complexity index is 2390. The van der Waals surface area contributed by atoms with Crippen LogP contribution in [0.25, 0.3) is 11.1 Å².